The molecule has 0 aliphatic rings. The van der Waals surface area contributed by atoms with Gasteiger partial charge in [0, 0.05) is 10.0 Å². The predicted octanol–water partition coefficient (Wildman–Crippen LogP) is 4.43. The van der Waals surface area contributed by atoms with Gasteiger partial charge in [0.15, 0.2) is 6.61 Å². The summed E-state index contributed by atoms with van der Waals surface area (Å²) in [5.41, 5.74) is 0.955. The van der Waals surface area contributed by atoms with Gasteiger partial charge in [-0.15, -0.1) is 0 Å². The van der Waals surface area contributed by atoms with Gasteiger partial charge in [0.05, 0.1) is 5.56 Å². The lowest BCUT2D eigenvalue weighted by Crippen LogP contribution is -2.20. The molecular formula is C19H19BrO5. The molecule has 0 radical (unpaired) electrons. The second-order valence-corrected chi connectivity index (χ2v) is 7.40. The molecule has 25 heavy (non-hydrogen) atoms. The zero-order valence-electron chi connectivity index (χ0n) is 14.2. The van der Waals surface area contributed by atoms with Gasteiger partial charge in [-0.05, 0) is 47.9 Å². The Kier molecular flexibility index (Phi) is 5.85. The van der Waals surface area contributed by atoms with Crippen LogP contribution in [0.3, 0.4) is 0 Å². The van der Waals surface area contributed by atoms with E-state index in [1.54, 1.807) is 6.07 Å². The van der Waals surface area contributed by atoms with Crippen LogP contribution in [-0.4, -0.2) is 23.7 Å². The highest BCUT2D eigenvalue weighted by Crippen LogP contribution is 2.33. The Balaban J connectivity index is 2.02. The molecule has 0 aromatic heterocycles. The van der Waals surface area contributed by atoms with Crippen molar-refractivity contribution < 1.29 is 24.2 Å². The standard InChI is InChI=1S/C19H19BrO5/c1-19(2,3)15-10-13(20)6-9-16(15)24-11-17(21)25-14-7-4-12(5-8-14)18(22)23/h4-10H,11H2,1-3H3,(H,22,23). The average Bonchev–Trinajstić information content (AvgIpc) is 2.53. The van der Waals surface area contributed by atoms with E-state index in [-0.39, 0.29) is 23.3 Å². The third-order valence-corrected chi connectivity index (χ3v) is 3.92. The number of carbonyl (C=O) groups is 2. The molecule has 0 aliphatic carbocycles. The van der Waals surface area contributed by atoms with Crippen LogP contribution in [-0.2, 0) is 10.2 Å². The van der Waals surface area contributed by atoms with Crippen molar-refractivity contribution in [2.45, 2.75) is 26.2 Å². The van der Waals surface area contributed by atoms with Gasteiger partial charge in [-0.3, -0.25) is 0 Å². The van der Waals surface area contributed by atoms with Crippen molar-refractivity contribution in [1.82, 2.24) is 0 Å². The van der Waals surface area contributed by atoms with E-state index in [1.165, 1.54) is 24.3 Å². The molecule has 0 atom stereocenters. The summed E-state index contributed by atoms with van der Waals surface area (Å²) in [4.78, 5) is 22.8. The van der Waals surface area contributed by atoms with Crippen LogP contribution in [0.1, 0.15) is 36.7 Å². The molecule has 0 saturated heterocycles. The van der Waals surface area contributed by atoms with E-state index >= 15 is 0 Å². The second kappa shape index (κ2) is 7.70. The Morgan fingerprint density at radius 3 is 2.28 bits per heavy atom. The number of esters is 1. The zero-order chi connectivity index (χ0) is 18.6. The summed E-state index contributed by atoms with van der Waals surface area (Å²) in [6.45, 7) is 5.93. The molecule has 0 heterocycles. The summed E-state index contributed by atoms with van der Waals surface area (Å²) < 4.78 is 11.7. The summed E-state index contributed by atoms with van der Waals surface area (Å²) in [7, 11) is 0. The number of halogens is 1. The van der Waals surface area contributed by atoms with Gasteiger partial charge in [-0.2, -0.15) is 0 Å². The fourth-order valence-electron chi connectivity index (χ4n) is 2.18. The van der Waals surface area contributed by atoms with Gasteiger partial charge in [0.25, 0.3) is 0 Å². The normalized spacial score (nSPS) is 11.0. The summed E-state index contributed by atoms with van der Waals surface area (Å²) in [6.07, 6.45) is 0. The lowest BCUT2D eigenvalue weighted by Gasteiger charge is -2.23. The van der Waals surface area contributed by atoms with Gasteiger partial charge in [-0.1, -0.05) is 36.7 Å². The summed E-state index contributed by atoms with van der Waals surface area (Å²) in [5, 5.41) is 8.85. The molecule has 0 spiro atoms. The van der Waals surface area contributed by atoms with Crippen molar-refractivity contribution in [2.75, 3.05) is 6.61 Å². The van der Waals surface area contributed by atoms with Crippen molar-refractivity contribution in [3.63, 3.8) is 0 Å². The van der Waals surface area contributed by atoms with Crippen molar-refractivity contribution in [3.8, 4) is 11.5 Å². The van der Waals surface area contributed by atoms with Crippen molar-refractivity contribution in [3.05, 3.63) is 58.1 Å². The second-order valence-electron chi connectivity index (χ2n) is 6.48. The van der Waals surface area contributed by atoms with Crippen LogP contribution in [0.5, 0.6) is 11.5 Å². The Hall–Kier alpha value is -2.34. The van der Waals surface area contributed by atoms with Crippen molar-refractivity contribution in [2.24, 2.45) is 0 Å². The van der Waals surface area contributed by atoms with Crippen LogP contribution >= 0.6 is 15.9 Å². The number of carboxylic acid groups (broad SMARTS) is 1. The van der Waals surface area contributed by atoms with Crippen LogP contribution in [0.25, 0.3) is 0 Å². The van der Waals surface area contributed by atoms with Gasteiger partial charge >= 0.3 is 11.9 Å². The van der Waals surface area contributed by atoms with Crippen molar-refractivity contribution in [1.29, 1.82) is 0 Å². The van der Waals surface area contributed by atoms with Gasteiger partial charge < -0.3 is 14.6 Å². The highest BCUT2D eigenvalue weighted by Gasteiger charge is 2.20. The van der Waals surface area contributed by atoms with Gasteiger partial charge in [-0.25, -0.2) is 9.59 Å². The molecule has 0 bridgehead atoms. The molecule has 0 fully saturated rings. The number of benzene rings is 2. The Labute approximate surface area is 154 Å². The fraction of sp³-hybridized carbons (Fsp3) is 0.263. The zero-order valence-corrected chi connectivity index (χ0v) is 15.8. The third kappa shape index (κ3) is 5.32. The molecule has 0 unspecified atom stereocenters. The van der Waals surface area contributed by atoms with E-state index in [0.29, 0.717) is 5.75 Å². The number of aromatic carboxylic acids is 1. The Bertz CT molecular complexity index is 775. The maximum atomic E-state index is 12.0. The summed E-state index contributed by atoms with van der Waals surface area (Å²) in [5.74, 6) is -0.712. The first-order valence-electron chi connectivity index (χ1n) is 7.63. The molecule has 5 nitrogen and oxygen atoms in total. The third-order valence-electron chi connectivity index (χ3n) is 3.43. The van der Waals surface area contributed by atoms with E-state index in [9.17, 15) is 9.59 Å². The maximum Gasteiger partial charge on any atom is 0.349 e. The first kappa shape index (κ1) is 19.0. The molecule has 2 aromatic rings. The SMILES string of the molecule is CC(C)(C)c1cc(Br)ccc1OCC(=O)Oc1ccc(C(=O)O)cc1. The number of carboxylic acids is 1. The van der Waals surface area contributed by atoms with Gasteiger partial charge in [0.1, 0.15) is 11.5 Å². The van der Waals surface area contributed by atoms with Crippen LogP contribution in [0.15, 0.2) is 46.9 Å². The molecular weight excluding hydrogens is 388 g/mol. The highest BCUT2D eigenvalue weighted by atomic mass is 79.9. The minimum absolute atomic E-state index is 0.126. The van der Waals surface area contributed by atoms with E-state index in [2.05, 4.69) is 36.7 Å². The van der Waals surface area contributed by atoms with E-state index in [0.717, 1.165) is 10.0 Å². The lowest BCUT2D eigenvalue weighted by atomic mass is 9.86. The number of hydrogen-bond donors (Lipinski definition) is 1. The minimum Gasteiger partial charge on any atom is -0.482 e. The quantitative estimate of drug-likeness (QED) is 0.587. The maximum absolute atomic E-state index is 12.0. The smallest absolute Gasteiger partial charge is 0.349 e. The topological polar surface area (TPSA) is 72.8 Å². The number of carbonyl (C=O) groups excluding carboxylic acids is 1. The predicted molar refractivity (Wildman–Crippen MR) is 97.4 cm³/mol. The lowest BCUT2D eigenvalue weighted by molar-refractivity contribution is -0.136. The molecule has 132 valence electrons. The van der Waals surface area contributed by atoms with Crippen LogP contribution in [0, 0.1) is 0 Å². The van der Waals surface area contributed by atoms with Crippen LogP contribution < -0.4 is 9.47 Å². The van der Waals surface area contributed by atoms with Crippen LogP contribution in [0.2, 0.25) is 0 Å². The summed E-state index contributed by atoms with van der Waals surface area (Å²) in [6, 6.07) is 11.2. The molecule has 1 N–H and O–H groups in total. The van der Waals surface area contributed by atoms with Gasteiger partial charge in [0.2, 0.25) is 0 Å². The number of rotatable bonds is 5. The Morgan fingerprint density at radius 1 is 1.08 bits per heavy atom. The first-order chi connectivity index (χ1) is 11.7. The Morgan fingerprint density at radius 2 is 1.72 bits per heavy atom. The van der Waals surface area contributed by atoms with E-state index in [1.807, 2.05) is 12.1 Å². The molecule has 0 amide bonds. The molecule has 2 rings (SSSR count). The van der Waals surface area contributed by atoms with Crippen LogP contribution in [0.4, 0.5) is 0 Å². The largest absolute Gasteiger partial charge is 0.482 e. The monoisotopic (exact) mass is 406 g/mol. The molecule has 0 saturated carbocycles. The fourth-order valence-corrected chi connectivity index (χ4v) is 2.54. The first-order valence-corrected chi connectivity index (χ1v) is 8.43. The number of hydrogen-bond acceptors (Lipinski definition) is 4. The minimum atomic E-state index is -1.04. The average molecular weight is 407 g/mol. The summed E-state index contributed by atoms with van der Waals surface area (Å²) >= 11 is 3.44. The van der Waals surface area contributed by atoms with Crippen molar-refractivity contribution >= 4 is 27.9 Å². The van der Waals surface area contributed by atoms with E-state index < -0.39 is 11.9 Å². The molecule has 6 heteroatoms. The number of ether oxygens (including phenoxy) is 2. The molecule has 0 aliphatic heterocycles. The van der Waals surface area contributed by atoms with E-state index in [4.69, 9.17) is 14.6 Å². The molecule has 2 aromatic carbocycles. The highest BCUT2D eigenvalue weighted by molar-refractivity contribution is 9.10.